The summed E-state index contributed by atoms with van der Waals surface area (Å²) in [5, 5.41) is 3.70. The molecule has 0 aromatic rings. The van der Waals surface area contributed by atoms with E-state index in [2.05, 4.69) is 5.32 Å². The van der Waals surface area contributed by atoms with Crippen LogP contribution >= 0.6 is 0 Å². The van der Waals surface area contributed by atoms with Crippen molar-refractivity contribution in [2.45, 2.75) is 101 Å². The fourth-order valence-electron chi connectivity index (χ4n) is 5.68. The molecule has 2 saturated heterocycles. The third-order valence-electron chi connectivity index (χ3n) is 6.95. The van der Waals surface area contributed by atoms with Crippen LogP contribution in [-0.4, -0.2) is 31.1 Å². The summed E-state index contributed by atoms with van der Waals surface area (Å²) in [5.41, 5.74) is 0. The average molecular weight is 322 g/mol. The van der Waals surface area contributed by atoms with Crippen LogP contribution in [-0.2, 0) is 9.47 Å². The lowest BCUT2D eigenvalue weighted by Gasteiger charge is -2.45. The van der Waals surface area contributed by atoms with Gasteiger partial charge in [-0.2, -0.15) is 0 Å². The summed E-state index contributed by atoms with van der Waals surface area (Å²) in [6.45, 7) is 1.98. The van der Waals surface area contributed by atoms with E-state index in [9.17, 15) is 0 Å². The lowest BCUT2D eigenvalue weighted by Crippen LogP contribution is -2.50. The molecule has 4 aliphatic rings. The summed E-state index contributed by atoms with van der Waals surface area (Å²) in [6, 6.07) is 0.526. The third kappa shape index (κ3) is 3.34. The van der Waals surface area contributed by atoms with Crippen molar-refractivity contribution in [3.05, 3.63) is 0 Å². The second kappa shape index (κ2) is 7.41. The van der Waals surface area contributed by atoms with E-state index >= 15 is 0 Å². The largest absolute Gasteiger partial charge is 0.347 e. The van der Waals surface area contributed by atoms with Crippen LogP contribution in [0.3, 0.4) is 0 Å². The Morgan fingerprint density at radius 3 is 1.87 bits per heavy atom. The molecule has 0 spiro atoms. The SMILES string of the molecule is C1CCC(C2(C3CCCCC3)OCC(C3CCCCN3)O2)CC1. The zero-order chi connectivity index (χ0) is 15.5. The van der Waals surface area contributed by atoms with E-state index in [4.69, 9.17) is 9.47 Å². The number of ether oxygens (including phenoxy) is 2. The van der Waals surface area contributed by atoms with Crippen molar-refractivity contribution in [2.24, 2.45) is 11.8 Å². The van der Waals surface area contributed by atoms with Crippen LogP contribution in [0, 0.1) is 11.8 Å². The Hall–Kier alpha value is -0.120. The Labute approximate surface area is 141 Å². The van der Waals surface area contributed by atoms with Crippen molar-refractivity contribution in [2.75, 3.05) is 13.2 Å². The summed E-state index contributed by atoms with van der Waals surface area (Å²) in [6.07, 6.45) is 17.8. The highest BCUT2D eigenvalue weighted by Crippen LogP contribution is 2.49. The fraction of sp³-hybridized carbons (Fsp3) is 1.00. The van der Waals surface area contributed by atoms with Crippen LogP contribution < -0.4 is 5.32 Å². The molecular weight excluding hydrogens is 286 g/mol. The summed E-state index contributed by atoms with van der Waals surface area (Å²) in [4.78, 5) is 0. The molecule has 3 heteroatoms. The zero-order valence-corrected chi connectivity index (χ0v) is 14.7. The summed E-state index contributed by atoms with van der Waals surface area (Å²) >= 11 is 0. The fourth-order valence-corrected chi connectivity index (χ4v) is 5.68. The van der Waals surface area contributed by atoms with E-state index < -0.39 is 0 Å². The molecule has 132 valence electrons. The molecule has 0 aromatic heterocycles. The van der Waals surface area contributed by atoms with Gasteiger partial charge in [0.15, 0.2) is 5.79 Å². The van der Waals surface area contributed by atoms with Crippen LogP contribution in [0.2, 0.25) is 0 Å². The Morgan fingerprint density at radius 1 is 0.696 bits per heavy atom. The standard InChI is InChI=1S/C20H35NO2/c1-3-9-16(10-4-1)20(17-11-5-2-6-12-17)22-15-19(23-20)18-13-7-8-14-21-18/h16-19,21H,1-15H2. The smallest absolute Gasteiger partial charge is 0.174 e. The normalized spacial score (nSPS) is 37.0. The van der Waals surface area contributed by atoms with Gasteiger partial charge >= 0.3 is 0 Å². The Bertz CT molecular complexity index is 350. The van der Waals surface area contributed by atoms with Crippen molar-refractivity contribution in [3.63, 3.8) is 0 Å². The number of hydrogen-bond acceptors (Lipinski definition) is 3. The summed E-state index contributed by atoms with van der Waals surface area (Å²) in [7, 11) is 0. The molecule has 0 radical (unpaired) electrons. The van der Waals surface area contributed by atoms with Gasteiger partial charge < -0.3 is 14.8 Å². The summed E-state index contributed by atoms with van der Waals surface area (Å²) in [5.74, 6) is 1.06. The number of nitrogens with one attached hydrogen (secondary N) is 1. The topological polar surface area (TPSA) is 30.5 Å². The maximum Gasteiger partial charge on any atom is 0.174 e. The molecule has 2 atom stereocenters. The van der Waals surface area contributed by atoms with E-state index in [1.807, 2.05) is 0 Å². The molecule has 0 amide bonds. The van der Waals surface area contributed by atoms with E-state index in [0.29, 0.717) is 24.0 Å². The monoisotopic (exact) mass is 321 g/mol. The van der Waals surface area contributed by atoms with E-state index in [1.165, 1.54) is 83.5 Å². The molecule has 2 saturated carbocycles. The first-order chi connectivity index (χ1) is 11.4. The molecule has 23 heavy (non-hydrogen) atoms. The maximum absolute atomic E-state index is 6.88. The van der Waals surface area contributed by atoms with Gasteiger partial charge in [0.05, 0.1) is 12.7 Å². The van der Waals surface area contributed by atoms with Crippen molar-refractivity contribution in [1.29, 1.82) is 0 Å². The molecule has 0 bridgehead atoms. The molecule has 4 fully saturated rings. The molecule has 2 aliphatic carbocycles. The van der Waals surface area contributed by atoms with Gasteiger partial charge in [-0.05, 0) is 45.1 Å². The molecule has 2 heterocycles. The molecular formula is C20H35NO2. The van der Waals surface area contributed by atoms with Crippen molar-refractivity contribution in [3.8, 4) is 0 Å². The Morgan fingerprint density at radius 2 is 1.30 bits per heavy atom. The van der Waals surface area contributed by atoms with E-state index in [1.54, 1.807) is 0 Å². The maximum atomic E-state index is 6.88. The zero-order valence-electron chi connectivity index (χ0n) is 14.7. The van der Waals surface area contributed by atoms with Crippen LogP contribution in [0.25, 0.3) is 0 Å². The lowest BCUT2D eigenvalue weighted by molar-refractivity contribution is -0.252. The van der Waals surface area contributed by atoms with Crippen LogP contribution in [0.4, 0.5) is 0 Å². The highest BCUT2D eigenvalue weighted by Gasteiger charge is 2.54. The second-order valence-corrected chi connectivity index (χ2v) is 8.41. The van der Waals surface area contributed by atoms with Crippen molar-refractivity contribution >= 4 is 0 Å². The number of piperidine rings is 1. The predicted octanol–water partition coefficient (Wildman–Crippen LogP) is 4.40. The van der Waals surface area contributed by atoms with Gasteiger partial charge in [0.1, 0.15) is 0 Å². The van der Waals surface area contributed by atoms with Gasteiger partial charge in [-0.25, -0.2) is 0 Å². The van der Waals surface area contributed by atoms with Gasteiger partial charge in [-0.3, -0.25) is 0 Å². The van der Waals surface area contributed by atoms with Crippen LogP contribution in [0.5, 0.6) is 0 Å². The first-order valence-electron chi connectivity index (χ1n) is 10.4. The van der Waals surface area contributed by atoms with Crippen LogP contribution in [0.1, 0.15) is 83.5 Å². The molecule has 2 aliphatic heterocycles. The van der Waals surface area contributed by atoms with E-state index in [0.717, 1.165) is 13.2 Å². The Balaban J connectivity index is 1.50. The second-order valence-electron chi connectivity index (χ2n) is 8.41. The lowest BCUT2D eigenvalue weighted by atomic mass is 9.72. The summed E-state index contributed by atoms with van der Waals surface area (Å²) < 4.78 is 13.5. The quantitative estimate of drug-likeness (QED) is 0.835. The highest BCUT2D eigenvalue weighted by atomic mass is 16.7. The number of hydrogen-bond donors (Lipinski definition) is 1. The van der Waals surface area contributed by atoms with Gasteiger partial charge in [-0.1, -0.05) is 44.9 Å². The minimum absolute atomic E-state index is 0.232. The van der Waals surface area contributed by atoms with Gasteiger partial charge in [0.25, 0.3) is 0 Å². The molecule has 2 unspecified atom stereocenters. The predicted molar refractivity (Wildman–Crippen MR) is 92.3 cm³/mol. The molecule has 3 nitrogen and oxygen atoms in total. The van der Waals surface area contributed by atoms with Crippen LogP contribution in [0.15, 0.2) is 0 Å². The average Bonchev–Trinajstić information content (AvgIpc) is 3.11. The number of rotatable bonds is 3. The van der Waals surface area contributed by atoms with Gasteiger partial charge in [0.2, 0.25) is 0 Å². The van der Waals surface area contributed by atoms with E-state index in [-0.39, 0.29) is 5.79 Å². The van der Waals surface area contributed by atoms with Gasteiger partial charge in [-0.15, -0.1) is 0 Å². The van der Waals surface area contributed by atoms with Crippen molar-refractivity contribution in [1.82, 2.24) is 5.32 Å². The molecule has 1 N–H and O–H groups in total. The minimum atomic E-state index is -0.232. The minimum Gasteiger partial charge on any atom is -0.347 e. The first kappa shape index (κ1) is 16.4. The van der Waals surface area contributed by atoms with Crippen molar-refractivity contribution < 1.29 is 9.47 Å². The molecule has 4 rings (SSSR count). The Kier molecular flexibility index (Phi) is 5.27. The highest BCUT2D eigenvalue weighted by molar-refractivity contribution is 4.96. The van der Waals surface area contributed by atoms with Gasteiger partial charge in [0, 0.05) is 17.9 Å². The first-order valence-corrected chi connectivity index (χ1v) is 10.4. The molecule has 0 aromatic carbocycles. The third-order valence-corrected chi connectivity index (χ3v) is 6.95.